The van der Waals surface area contributed by atoms with Crippen molar-refractivity contribution in [1.29, 1.82) is 0 Å². The Kier molecular flexibility index (Phi) is 7.26. The maximum Gasteiger partial charge on any atom is 0.234 e. The van der Waals surface area contributed by atoms with E-state index in [9.17, 15) is 14.4 Å². The molecule has 8 heteroatoms. The SMILES string of the molecule is C=CCNC(=O)CC1CC(=O)NC(SCC(=O)Nc2cccc3ccccc23)N1. The Bertz CT molecular complexity index is 912. The number of fused-ring (bicyclic) bond motifs is 1. The number of rotatable bonds is 8. The summed E-state index contributed by atoms with van der Waals surface area (Å²) in [6, 6.07) is 13.3. The van der Waals surface area contributed by atoms with Crippen molar-refractivity contribution < 1.29 is 14.4 Å². The van der Waals surface area contributed by atoms with E-state index in [1.54, 1.807) is 6.08 Å². The van der Waals surface area contributed by atoms with Crippen molar-refractivity contribution in [1.82, 2.24) is 16.0 Å². The summed E-state index contributed by atoms with van der Waals surface area (Å²) >= 11 is 1.28. The van der Waals surface area contributed by atoms with Crippen LogP contribution in [0.5, 0.6) is 0 Å². The Morgan fingerprint density at radius 1 is 1.17 bits per heavy atom. The van der Waals surface area contributed by atoms with Crippen molar-refractivity contribution in [2.24, 2.45) is 0 Å². The van der Waals surface area contributed by atoms with E-state index >= 15 is 0 Å². The van der Waals surface area contributed by atoms with E-state index in [2.05, 4.69) is 27.8 Å². The molecule has 0 radical (unpaired) electrons. The summed E-state index contributed by atoms with van der Waals surface area (Å²) in [5.74, 6) is -0.281. The molecule has 1 saturated heterocycles. The van der Waals surface area contributed by atoms with Crippen molar-refractivity contribution in [2.75, 3.05) is 17.6 Å². The molecule has 1 heterocycles. The molecule has 1 fully saturated rings. The van der Waals surface area contributed by atoms with Gasteiger partial charge in [0.05, 0.1) is 5.75 Å². The lowest BCUT2D eigenvalue weighted by Crippen LogP contribution is -2.56. The third-order valence-corrected chi connectivity index (χ3v) is 5.45. The van der Waals surface area contributed by atoms with E-state index in [1.165, 1.54) is 11.8 Å². The zero-order valence-electron chi connectivity index (χ0n) is 15.9. The van der Waals surface area contributed by atoms with Gasteiger partial charge in [0.1, 0.15) is 5.50 Å². The normalized spacial score (nSPS) is 18.7. The lowest BCUT2D eigenvalue weighted by Gasteiger charge is -2.30. The number of anilines is 1. The molecule has 2 unspecified atom stereocenters. The average molecular weight is 413 g/mol. The number of nitrogens with one attached hydrogen (secondary N) is 4. The molecule has 0 spiro atoms. The molecule has 4 N–H and O–H groups in total. The predicted octanol–water partition coefficient (Wildman–Crippen LogP) is 1.97. The Morgan fingerprint density at radius 2 is 1.97 bits per heavy atom. The van der Waals surface area contributed by atoms with Gasteiger partial charge in [0.2, 0.25) is 17.7 Å². The van der Waals surface area contributed by atoms with Gasteiger partial charge in [-0.05, 0) is 11.5 Å². The molecule has 0 bridgehead atoms. The van der Waals surface area contributed by atoms with Crippen LogP contribution < -0.4 is 21.3 Å². The smallest absolute Gasteiger partial charge is 0.234 e. The molecule has 152 valence electrons. The minimum atomic E-state index is -0.424. The van der Waals surface area contributed by atoms with E-state index in [0.29, 0.717) is 6.54 Å². The third kappa shape index (κ3) is 6.07. The van der Waals surface area contributed by atoms with Gasteiger partial charge in [0.25, 0.3) is 0 Å². The number of carbonyl (C=O) groups is 3. The molecule has 3 amide bonds. The first-order valence-corrected chi connectivity index (χ1v) is 10.4. The highest BCUT2D eigenvalue weighted by atomic mass is 32.2. The minimum absolute atomic E-state index is 0.141. The molecule has 0 saturated carbocycles. The first-order valence-electron chi connectivity index (χ1n) is 9.37. The second-order valence-corrected chi connectivity index (χ2v) is 7.79. The molecule has 1 aliphatic rings. The number of thioether (sulfide) groups is 1. The van der Waals surface area contributed by atoms with E-state index in [4.69, 9.17) is 0 Å². The summed E-state index contributed by atoms with van der Waals surface area (Å²) in [4.78, 5) is 36.2. The quantitative estimate of drug-likeness (QED) is 0.497. The Labute approximate surface area is 173 Å². The highest BCUT2D eigenvalue weighted by Crippen LogP contribution is 2.23. The average Bonchev–Trinajstić information content (AvgIpc) is 2.70. The zero-order chi connectivity index (χ0) is 20.6. The van der Waals surface area contributed by atoms with E-state index < -0.39 is 5.50 Å². The largest absolute Gasteiger partial charge is 0.353 e. The Balaban J connectivity index is 1.51. The van der Waals surface area contributed by atoms with Crippen molar-refractivity contribution in [3.8, 4) is 0 Å². The summed E-state index contributed by atoms with van der Waals surface area (Å²) in [7, 11) is 0. The molecule has 2 aromatic carbocycles. The molecule has 0 aromatic heterocycles. The predicted molar refractivity (Wildman–Crippen MR) is 116 cm³/mol. The van der Waals surface area contributed by atoms with E-state index in [-0.39, 0.29) is 42.4 Å². The molecular weight excluding hydrogens is 388 g/mol. The fraction of sp³-hybridized carbons (Fsp3) is 0.286. The van der Waals surface area contributed by atoms with Gasteiger partial charge in [-0.3, -0.25) is 19.7 Å². The van der Waals surface area contributed by atoms with Gasteiger partial charge in [-0.1, -0.05) is 42.5 Å². The number of hydrogen-bond donors (Lipinski definition) is 4. The molecular formula is C21H24N4O3S. The van der Waals surface area contributed by atoms with Gasteiger partial charge in [0.15, 0.2) is 0 Å². The number of hydrogen-bond acceptors (Lipinski definition) is 5. The third-order valence-electron chi connectivity index (χ3n) is 4.43. The Morgan fingerprint density at radius 3 is 2.79 bits per heavy atom. The summed E-state index contributed by atoms with van der Waals surface area (Å²) in [6.07, 6.45) is 2.02. The molecule has 2 atom stereocenters. The van der Waals surface area contributed by atoms with Gasteiger partial charge in [-0.2, -0.15) is 0 Å². The van der Waals surface area contributed by atoms with Crippen LogP contribution in [0.2, 0.25) is 0 Å². The highest BCUT2D eigenvalue weighted by molar-refractivity contribution is 8.00. The highest BCUT2D eigenvalue weighted by Gasteiger charge is 2.28. The molecule has 0 aliphatic carbocycles. The minimum Gasteiger partial charge on any atom is -0.353 e. The van der Waals surface area contributed by atoms with Crippen molar-refractivity contribution in [2.45, 2.75) is 24.4 Å². The monoisotopic (exact) mass is 412 g/mol. The molecule has 1 aliphatic heterocycles. The summed E-state index contributed by atoms with van der Waals surface area (Å²) < 4.78 is 0. The summed E-state index contributed by atoms with van der Waals surface area (Å²) in [5.41, 5.74) is 0.331. The summed E-state index contributed by atoms with van der Waals surface area (Å²) in [5, 5.41) is 13.7. The number of benzene rings is 2. The molecule has 29 heavy (non-hydrogen) atoms. The van der Waals surface area contributed by atoms with Crippen LogP contribution in [0.1, 0.15) is 12.8 Å². The number of carbonyl (C=O) groups excluding carboxylic acids is 3. The van der Waals surface area contributed by atoms with E-state index in [1.807, 2.05) is 42.5 Å². The topological polar surface area (TPSA) is 99.3 Å². The van der Waals surface area contributed by atoms with Crippen LogP contribution in [0, 0.1) is 0 Å². The second kappa shape index (κ2) is 10.1. The lowest BCUT2D eigenvalue weighted by molar-refractivity contribution is -0.125. The first-order chi connectivity index (χ1) is 14.0. The van der Waals surface area contributed by atoms with Crippen LogP contribution in [0.15, 0.2) is 55.1 Å². The Hall–Kier alpha value is -2.84. The fourth-order valence-corrected chi connectivity index (χ4v) is 4.02. The second-order valence-electron chi connectivity index (χ2n) is 6.70. The maximum atomic E-state index is 12.4. The fourth-order valence-electron chi connectivity index (χ4n) is 3.13. The summed E-state index contributed by atoms with van der Waals surface area (Å²) in [6.45, 7) is 3.95. The van der Waals surface area contributed by atoms with Crippen LogP contribution in [0.4, 0.5) is 5.69 Å². The standard InChI is InChI=1S/C21H24N4O3S/c1-2-10-22-18(26)11-15-12-19(27)25-21(23-15)29-13-20(28)24-17-9-5-7-14-6-3-4-8-16(14)17/h2-9,15,21,23H,1,10-13H2,(H,22,26)(H,24,28)(H,25,27). The zero-order valence-corrected chi connectivity index (χ0v) is 16.8. The van der Waals surface area contributed by atoms with Crippen LogP contribution in [-0.4, -0.2) is 41.6 Å². The van der Waals surface area contributed by atoms with Crippen molar-refractivity contribution >= 4 is 45.9 Å². The van der Waals surface area contributed by atoms with E-state index in [0.717, 1.165) is 16.5 Å². The first kappa shape index (κ1) is 20.9. The van der Waals surface area contributed by atoms with Gasteiger partial charge >= 0.3 is 0 Å². The van der Waals surface area contributed by atoms with Gasteiger partial charge in [-0.25, -0.2) is 0 Å². The van der Waals surface area contributed by atoms with Gasteiger partial charge < -0.3 is 16.0 Å². The van der Waals surface area contributed by atoms with Gasteiger partial charge in [0, 0.05) is 36.5 Å². The van der Waals surface area contributed by atoms with Crippen LogP contribution >= 0.6 is 11.8 Å². The lowest BCUT2D eigenvalue weighted by atomic mass is 10.1. The van der Waals surface area contributed by atoms with Crippen molar-refractivity contribution in [3.63, 3.8) is 0 Å². The molecule has 2 aromatic rings. The van der Waals surface area contributed by atoms with Gasteiger partial charge in [-0.15, -0.1) is 18.3 Å². The van der Waals surface area contributed by atoms with Crippen LogP contribution in [-0.2, 0) is 14.4 Å². The number of amides is 3. The van der Waals surface area contributed by atoms with Crippen LogP contribution in [0.3, 0.4) is 0 Å². The molecule has 3 rings (SSSR count). The van der Waals surface area contributed by atoms with Crippen LogP contribution in [0.25, 0.3) is 10.8 Å². The maximum absolute atomic E-state index is 12.4. The molecule has 7 nitrogen and oxygen atoms in total. The van der Waals surface area contributed by atoms with Crippen molar-refractivity contribution in [3.05, 3.63) is 55.1 Å².